The summed E-state index contributed by atoms with van der Waals surface area (Å²) in [6.07, 6.45) is 1.63. The summed E-state index contributed by atoms with van der Waals surface area (Å²) >= 11 is 0. The van der Waals surface area contributed by atoms with E-state index in [0.717, 1.165) is 5.39 Å². The summed E-state index contributed by atoms with van der Waals surface area (Å²) in [5.41, 5.74) is 6.14. The van der Waals surface area contributed by atoms with Crippen LogP contribution in [0.4, 0.5) is 5.82 Å². The van der Waals surface area contributed by atoms with Gasteiger partial charge in [-0.1, -0.05) is 0 Å². The summed E-state index contributed by atoms with van der Waals surface area (Å²) in [6, 6.07) is 0. The zero-order valence-electron chi connectivity index (χ0n) is 4.55. The molecule has 0 unspecified atom stereocenters. The predicted octanol–water partition coefficient (Wildman–Crippen LogP) is -0.132. The minimum atomic E-state index is 0.554. The standard InChI is InChI=1S/C4H5N5/c5-3-2-1-6-8-4(2)9-7-3/h1H,(H4,5,6,7,8,9). The van der Waals surface area contributed by atoms with E-state index >= 15 is 0 Å². The zero-order valence-corrected chi connectivity index (χ0v) is 4.55. The minimum absolute atomic E-state index is 0.554. The van der Waals surface area contributed by atoms with Gasteiger partial charge in [0.05, 0.1) is 11.6 Å². The van der Waals surface area contributed by atoms with Crippen molar-refractivity contribution in [3.63, 3.8) is 0 Å². The Labute approximate surface area is 50.2 Å². The lowest BCUT2D eigenvalue weighted by Gasteiger charge is -1.75. The van der Waals surface area contributed by atoms with E-state index in [0.29, 0.717) is 11.5 Å². The first-order valence-corrected chi connectivity index (χ1v) is 2.51. The summed E-state index contributed by atoms with van der Waals surface area (Å²) in [5, 5.41) is 13.7. The molecule has 0 bridgehead atoms. The number of fused-ring (bicyclic) bond motifs is 1. The molecule has 0 amide bonds. The summed E-state index contributed by atoms with van der Waals surface area (Å²) in [6.45, 7) is 0. The quantitative estimate of drug-likeness (QED) is 0.456. The highest BCUT2D eigenvalue weighted by molar-refractivity contribution is 5.84. The van der Waals surface area contributed by atoms with Crippen molar-refractivity contribution in [2.24, 2.45) is 0 Å². The van der Waals surface area contributed by atoms with Crippen molar-refractivity contribution in [3.05, 3.63) is 6.20 Å². The Morgan fingerprint density at radius 1 is 1.44 bits per heavy atom. The Balaban J connectivity index is 2.99. The topological polar surface area (TPSA) is 83.4 Å². The van der Waals surface area contributed by atoms with Crippen molar-refractivity contribution in [2.75, 3.05) is 5.73 Å². The molecule has 2 aromatic heterocycles. The molecule has 9 heavy (non-hydrogen) atoms. The van der Waals surface area contributed by atoms with Gasteiger partial charge in [-0.25, -0.2) is 0 Å². The molecular weight excluding hydrogens is 118 g/mol. The number of H-pyrrole nitrogens is 2. The van der Waals surface area contributed by atoms with Crippen LogP contribution in [0.3, 0.4) is 0 Å². The van der Waals surface area contributed by atoms with E-state index in [9.17, 15) is 0 Å². The molecule has 2 rings (SSSR count). The molecule has 46 valence electrons. The van der Waals surface area contributed by atoms with Crippen LogP contribution < -0.4 is 5.73 Å². The zero-order chi connectivity index (χ0) is 6.27. The maximum Gasteiger partial charge on any atom is 0.179 e. The summed E-state index contributed by atoms with van der Waals surface area (Å²) in [7, 11) is 0. The van der Waals surface area contributed by atoms with Gasteiger partial charge in [-0.05, 0) is 0 Å². The normalized spacial score (nSPS) is 10.7. The summed E-state index contributed by atoms with van der Waals surface area (Å²) in [4.78, 5) is 0. The van der Waals surface area contributed by atoms with Gasteiger partial charge in [0.1, 0.15) is 5.82 Å². The number of hydrogen-bond donors (Lipinski definition) is 3. The number of hydrogen-bond acceptors (Lipinski definition) is 3. The molecule has 0 radical (unpaired) electrons. The molecule has 0 aliphatic rings. The maximum atomic E-state index is 5.44. The third-order valence-corrected chi connectivity index (χ3v) is 1.20. The molecule has 0 atom stereocenters. The number of nitrogens with zero attached hydrogens (tertiary/aromatic N) is 2. The molecule has 0 aliphatic heterocycles. The molecule has 0 saturated heterocycles. The van der Waals surface area contributed by atoms with E-state index in [1.54, 1.807) is 6.20 Å². The van der Waals surface area contributed by atoms with Gasteiger partial charge in [-0.2, -0.15) is 10.2 Å². The molecule has 0 saturated carbocycles. The number of rotatable bonds is 0. The highest BCUT2D eigenvalue weighted by atomic mass is 15.2. The van der Waals surface area contributed by atoms with Crippen LogP contribution in [0.15, 0.2) is 6.20 Å². The van der Waals surface area contributed by atoms with Crippen LogP contribution in [-0.4, -0.2) is 20.4 Å². The van der Waals surface area contributed by atoms with Crippen LogP contribution >= 0.6 is 0 Å². The smallest absolute Gasteiger partial charge is 0.179 e. The SMILES string of the molecule is Nc1[nH]nc2[nH]ncc12. The molecule has 5 nitrogen and oxygen atoms in total. The highest BCUT2D eigenvalue weighted by Crippen LogP contribution is 2.12. The molecule has 2 heterocycles. The molecular formula is C4H5N5. The fourth-order valence-electron chi connectivity index (χ4n) is 0.738. The largest absolute Gasteiger partial charge is 0.383 e. The average molecular weight is 123 g/mol. The third-order valence-electron chi connectivity index (χ3n) is 1.20. The number of anilines is 1. The monoisotopic (exact) mass is 123 g/mol. The van der Waals surface area contributed by atoms with Crippen molar-refractivity contribution in [1.82, 2.24) is 20.4 Å². The van der Waals surface area contributed by atoms with E-state index in [-0.39, 0.29) is 0 Å². The van der Waals surface area contributed by atoms with Gasteiger partial charge in [0.25, 0.3) is 0 Å². The minimum Gasteiger partial charge on any atom is -0.383 e. The van der Waals surface area contributed by atoms with Crippen LogP contribution in [0.1, 0.15) is 0 Å². The van der Waals surface area contributed by atoms with Crippen LogP contribution in [0, 0.1) is 0 Å². The van der Waals surface area contributed by atoms with E-state index < -0.39 is 0 Å². The first-order chi connectivity index (χ1) is 4.38. The predicted molar refractivity (Wildman–Crippen MR) is 32.7 cm³/mol. The van der Waals surface area contributed by atoms with Crippen molar-refractivity contribution in [1.29, 1.82) is 0 Å². The van der Waals surface area contributed by atoms with Gasteiger partial charge >= 0.3 is 0 Å². The molecule has 5 heteroatoms. The highest BCUT2D eigenvalue weighted by Gasteiger charge is 2.00. The lowest BCUT2D eigenvalue weighted by atomic mass is 10.4. The number of nitrogens with one attached hydrogen (secondary N) is 2. The fourth-order valence-corrected chi connectivity index (χ4v) is 0.738. The summed E-state index contributed by atoms with van der Waals surface area (Å²) < 4.78 is 0. The van der Waals surface area contributed by atoms with Crippen molar-refractivity contribution in [3.8, 4) is 0 Å². The van der Waals surface area contributed by atoms with Gasteiger partial charge < -0.3 is 5.73 Å². The molecule has 0 fully saturated rings. The van der Waals surface area contributed by atoms with E-state index in [2.05, 4.69) is 20.4 Å². The molecule has 4 N–H and O–H groups in total. The van der Waals surface area contributed by atoms with E-state index in [4.69, 9.17) is 5.73 Å². The average Bonchev–Trinajstić information content (AvgIpc) is 2.35. The molecule has 0 spiro atoms. The van der Waals surface area contributed by atoms with Gasteiger partial charge in [0.2, 0.25) is 0 Å². The summed E-state index contributed by atoms with van der Waals surface area (Å²) in [5.74, 6) is 0.554. The van der Waals surface area contributed by atoms with Crippen molar-refractivity contribution >= 4 is 16.9 Å². The fraction of sp³-hybridized carbons (Fsp3) is 0. The van der Waals surface area contributed by atoms with Crippen molar-refractivity contribution < 1.29 is 0 Å². The van der Waals surface area contributed by atoms with Crippen LogP contribution in [-0.2, 0) is 0 Å². The Morgan fingerprint density at radius 2 is 2.33 bits per heavy atom. The van der Waals surface area contributed by atoms with Gasteiger partial charge in [-0.15, -0.1) is 0 Å². The number of aromatic nitrogens is 4. The second-order valence-corrected chi connectivity index (χ2v) is 1.77. The number of nitrogen functional groups attached to an aromatic ring is 1. The van der Waals surface area contributed by atoms with Gasteiger partial charge in [-0.3, -0.25) is 10.2 Å². The second-order valence-electron chi connectivity index (χ2n) is 1.77. The first-order valence-electron chi connectivity index (χ1n) is 2.51. The van der Waals surface area contributed by atoms with Crippen LogP contribution in [0.25, 0.3) is 11.0 Å². The second kappa shape index (κ2) is 1.25. The Hall–Kier alpha value is -1.52. The van der Waals surface area contributed by atoms with Gasteiger partial charge in [0, 0.05) is 0 Å². The van der Waals surface area contributed by atoms with Gasteiger partial charge in [0.15, 0.2) is 5.65 Å². The molecule has 2 aromatic rings. The Morgan fingerprint density at radius 3 is 3.11 bits per heavy atom. The number of aromatic amines is 2. The Kier molecular flexibility index (Phi) is 0.606. The molecule has 0 aromatic carbocycles. The lowest BCUT2D eigenvalue weighted by Crippen LogP contribution is -1.83. The number of nitrogens with two attached hydrogens (primary N) is 1. The molecule has 0 aliphatic carbocycles. The maximum absolute atomic E-state index is 5.44. The van der Waals surface area contributed by atoms with E-state index in [1.165, 1.54) is 0 Å². The van der Waals surface area contributed by atoms with E-state index in [1.807, 2.05) is 0 Å². The van der Waals surface area contributed by atoms with Crippen LogP contribution in [0.2, 0.25) is 0 Å². The Bertz CT molecular complexity index is 318. The lowest BCUT2D eigenvalue weighted by molar-refractivity contribution is 1.04. The van der Waals surface area contributed by atoms with Crippen LogP contribution in [0.5, 0.6) is 0 Å². The first kappa shape index (κ1) is 4.37. The third kappa shape index (κ3) is 0.426. The van der Waals surface area contributed by atoms with Crippen molar-refractivity contribution in [2.45, 2.75) is 0 Å².